The van der Waals surface area contributed by atoms with Gasteiger partial charge in [-0.2, -0.15) is 0 Å². The van der Waals surface area contributed by atoms with E-state index in [1.807, 2.05) is 32.0 Å². The number of methoxy groups -OCH3 is 1. The zero-order valence-electron chi connectivity index (χ0n) is 19.0. The monoisotopic (exact) mass is 476 g/mol. The number of aryl methyl sites for hydroxylation is 2. The molecule has 0 spiro atoms. The topological polar surface area (TPSA) is 94.5 Å². The van der Waals surface area contributed by atoms with Crippen molar-refractivity contribution in [1.29, 1.82) is 0 Å². The Balaban J connectivity index is 1.80. The van der Waals surface area contributed by atoms with Crippen LogP contribution in [-0.2, 0) is 21.2 Å². The van der Waals surface area contributed by atoms with Gasteiger partial charge in [0.1, 0.15) is 17.2 Å². The Bertz CT molecular complexity index is 1540. The Kier molecular flexibility index (Phi) is 6.26. The molecule has 0 aliphatic carbocycles. The van der Waals surface area contributed by atoms with Gasteiger partial charge in [-0.25, -0.2) is 8.42 Å². The highest BCUT2D eigenvalue weighted by Crippen LogP contribution is 2.24. The third-order valence-electron chi connectivity index (χ3n) is 5.51. The lowest BCUT2D eigenvalue weighted by Crippen LogP contribution is -2.24. The summed E-state index contributed by atoms with van der Waals surface area (Å²) in [6.07, 6.45) is 1.24. The second-order valence-electron chi connectivity index (χ2n) is 8.06. The lowest BCUT2D eigenvalue weighted by atomic mass is 10.1. The maximum Gasteiger partial charge on any atom is 0.244 e. The molecule has 1 aromatic heterocycles. The van der Waals surface area contributed by atoms with Crippen LogP contribution in [0.5, 0.6) is 5.75 Å². The van der Waals surface area contributed by atoms with E-state index >= 15 is 0 Å². The first kappa shape index (κ1) is 23.3. The molecule has 8 heteroatoms. The number of carbonyl (C=O) groups is 1. The number of nitrogens with one attached hydrogen (secondary N) is 1. The lowest BCUT2D eigenvalue weighted by Gasteiger charge is -2.15. The number of benzene rings is 3. The van der Waals surface area contributed by atoms with Crippen molar-refractivity contribution in [2.24, 2.45) is 0 Å². The molecule has 1 amide bonds. The number of rotatable bonds is 6. The number of sulfone groups is 1. The van der Waals surface area contributed by atoms with E-state index in [2.05, 4.69) is 5.32 Å². The van der Waals surface area contributed by atoms with Gasteiger partial charge in [0, 0.05) is 17.3 Å². The van der Waals surface area contributed by atoms with E-state index in [-0.39, 0.29) is 27.6 Å². The summed E-state index contributed by atoms with van der Waals surface area (Å²) < 4.78 is 33.4. The minimum Gasteiger partial charge on any atom is -0.497 e. The van der Waals surface area contributed by atoms with Crippen LogP contribution in [-0.4, -0.2) is 26.0 Å². The molecule has 0 radical (unpaired) electrons. The van der Waals surface area contributed by atoms with Crippen molar-refractivity contribution in [3.05, 3.63) is 94.3 Å². The zero-order chi connectivity index (χ0) is 24.5. The number of carbonyl (C=O) groups excluding carboxylic acids is 1. The van der Waals surface area contributed by atoms with Gasteiger partial charge in [-0.05, 0) is 62.4 Å². The molecular formula is C26H24N2O5S. The van der Waals surface area contributed by atoms with E-state index in [4.69, 9.17) is 4.74 Å². The highest BCUT2D eigenvalue weighted by atomic mass is 32.2. The van der Waals surface area contributed by atoms with E-state index < -0.39 is 15.3 Å². The highest BCUT2D eigenvalue weighted by Gasteiger charge is 2.24. The molecule has 0 atom stereocenters. The number of fused-ring (bicyclic) bond motifs is 1. The first-order valence-corrected chi connectivity index (χ1v) is 12.1. The molecule has 1 N–H and O–H groups in total. The Hall–Kier alpha value is -3.91. The number of amides is 1. The van der Waals surface area contributed by atoms with E-state index in [9.17, 15) is 18.0 Å². The van der Waals surface area contributed by atoms with Gasteiger partial charge in [0.15, 0.2) is 0 Å². The normalized spacial score (nSPS) is 11.4. The van der Waals surface area contributed by atoms with Crippen molar-refractivity contribution >= 4 is 32.3 Å². The fourth-order valence-electron chi connectivity index (χ4n) is 3.68. The zero-order valence-corrected chi connectivity index (χ0v) is 19.8. The largest absolute Gasteiger partial charge is 0.497 e. The van der Waals surface area contributed by atoms with Gasteiger partial charge in [0.05, 0.1) is 17.5 Å². The molecule has 0 fully saturated rings. The number of hydrogen-bond acceptors (Lipinski definition) is 5. The molecule has 174 valence electrons. The number of nitrogens with zero attached hydrogens (tertiary/aromatic N) is 1. The molecule has 4 aromatic rings. The van der Waals surface area contributed by atoms with Gasteiger partial charge in [0.25, 0.3) is 0 Å². The van der Waals surface area contributed by atoms with Crippen molar-refractivity contribution in [2.45, 2.75) is 30.2 Å². The summed E-state index contributed by atoms with van der Waals surface area (Å²) in [6.45, 7) is 3.60. The first-order chi connectivity index (χ1) is 16.2. The molecule has 0 aliphatic rings. The Morgan fingerprint density at radius 2 is 1.59 bits per heavy atom. The van der Waals surface area contributed by atoms with Crippen LogP contribution in [0.2, 0.25) is 0 Å². The van der Waals surface area contributed by atoms with Crippen LogP contribution in [0.25, 0.3) is 10.9 Å². The van der Waals surface area contributed by atoms with Crippen LogP contribution in [0, 0.1) is 13.8 Å². The third kappa shape index (κ3) is 4.58. The molecule has 7 nitrogen and oxygen atoms in total. The smallest absolute Gasteiger partial charge is 0.244 e. The number of ether oxygens (including phenoxy) is 1. The molecule has 0 saturated carbocycles. The molecule has 0 unspecified atom stereocenters. The summed E-state index contributed by atoms with van der Waals surface area (Å²) in [7, 11) is -2.66. The Labute approximate surface area is 197 Å². The fraction of sp³-hybridized carbons (Fsp3) is 0.154. The minimum atomic E-state index is -4.14. The van der Waals surface area contributed by atoms with Crippen LogP contribution < -0.4 is 15.5 Å². The molecule has 3 aromatic carbocycles. The van der Waals surface area contributed by atoms with Gasteiger partial charge in [-0.15, -0.1) is 0 Å². The molecule has 0 bridgehead atoms. The predicted molar refractivity (Wildman–Crippen MR) is 131 cm³/mol. The van der Waals surface area contributed by atoms with Gasteiger partial charge in [0.2, 0.25) is 21.2 Å². The van der Waals surface area contributed by atoms with Gasteiger partial charge < -0.3 is 14.6 Å². The van der Waals surface area contributed by atoms with Crippen LogP contribution in [0.4, 0.5) is 5.69 Å². The first-order valence-electron chi connectivity index (χ1n) is 10.6. The van der Waals surface area contributed by atoms with Crippen molar-refractivity contribution < 1.29 is 17.9 Å². The van der Waals surface area contributed by atoms with Gasteiger partial charge in [-0.1, -0.05) is 29.3 Å². The quantitative estimate of drug-likeness (QED) is 0.452. The lowest BCUT2D eigenvalue weighted by molar-refractivity contribution is -0.116. The highest BCUT2D eigenvalue weighted by molar-refractivity contribution is 7.91. The molecule has 0 saturated heterocycles. The molecular weight excluding hydrogens is 452 g/mol. The van der Waals surface area contributed by atoms with Crippen molar-refractivity contribution in [3.8, 4) is 5.75 Å². The van der Waals surface area contributed by atoms with Crippen molar-refractivity contribution in [1.82, 2.24) is 4.57 Å². The summed E-state index contributed by atoms with van der Waals surface area (Å²) in [6, 6.07) is 18.3. The van der Waals surface area contributed by atoms with Crippen LogP contribution in [0.15, 0.2) is 87.5 Å². The van der Waals surface area contributed by atoms with Crippen LogP contribution in [0.1, 0.15) is 11.1 Å². The maximum absolute atomic E-state index is 13.4. The molecule has 0 aliphatic heterocycles. The van der Waals surface area contributed by atoms with E-state index in [1.165, 1.54) is 42.1 Å². The number of hydrogen-bond donors (Lipinski definition) is 1. The second kappa shape index (κ2) is 9.15. The standard InChI is InChI=1S/C26H24N2O5S/c1-17-4-7-19(8-5-17)27-25(29)16-28-15-24(26(30)22-14-18(2)6-13-23(22)28)34(31,32)21-11-9-20(33-3)10-12-21/h4-15H,16H2,1-3H3,(H,27,29). The van der Waals surface area contributed by atoms with E-state index in [0.29, 0.717) is 17.0 Å². The van der Waals surface area contributed by atoms with Gasteiger partial charge >= 0.3 is 0 Å². The summed E-state index contributed by atoms with van der Waals surface area (Å²) in [5.41, 5.74) is 2.36. The van der Waals surface area contributed by atoms with Crippen molar-refractivity contribution in [3.63, 3.8) is 0 Å². The average Bonchev–Trinajstić information content (AvgIpc) is 2.82. The Morgan fingerprint density at radius 1 is 0.941 bits per heavy atom. The average molecular weight is 477 g/mol. The third-order valence-corrected chi connectivity index (χ3v) is 7.27. The second-order valence-corrected chi connectivity index (χ2v) is 9.98. The van der Waals surface area contributed by atoms with Crippen molar-refractivity contribution in [2.75, 3.05) is 12.4 Å². The van der Waals surface area contributed by atoms with Crippen LogP contribution in [0.3, 0.4) is 0 Å². The number of aromatic nitrogens is 1. The number of anilines is 1. The molecule has 34 heavy (non-hydrogen) atoms. The minimum absolute atomic E-state index is 0.0342. The molecule has 4 rings (SSSR count). The molecule has 1 heterocycles. The van der Waals surface area contributed by atoms with Gasteiger partial charge in [-0.3, -0.25) is 9.59 Å². The summed E-state index contributed by atoms with van der Waals surface area (Å²) in [5.74, 6) is 0.153. The predicted octanol–water partition coefficient (Wildman–Crippen LogP) is 4.10. The summed E-state index contributed by atoms with van der Waals surface area (Å²) >= 11 is 0. The SMILES string of the molecule is COc1ccc(S(=O)(=O)c2cn(CC(=O)Nc3ccc(C)cc3)c3ccc(C)cc3c2=O)cc1. The van der Waals surface area contributed by atoms with Crippen LogP contribution >= 0.6 is 0 Å². The van der Waals surface area contributed by atoms with E-state index in [0.717, 1.165) is 11.1 Å². The fourth-order valence-corrected chi connectivity index (χ4v) is 5.05. The summed E-state index contributed by atoms with van der Waals surface area (Å²) in [4.78, 5) is 25.6. The maximum atomic E-state index is 13.4. The summed E-state index contributed by atoms with van der Waals surface area (Å²) in [5, 5.41) is 3.04. The Morgan fingerprint density at radius 3 is 2.24 bits per heavy atom. The number of pyridine rings is 1. The van der Waals surface area contributed by atoms with E-state index in [1.54, 1.807) is 24.3 Å².